The number of hydrogen-bond acceptors (Lipinski definition) is 2. The Morgan fingerprint density at radius 2 is 1.68 bits per heavy atom. The molecule has 0 saturated heterocycles. The molecule has 0 aliphatic heterocycles. The summed E-state index contributed by atoms with van der Waals surface area (Å²) in [6, 6.07) is 21.6. The number of halogens is 1. The van der Waals surface area contributed by atoms with Crippen LogP contribution in [0.5, 0.6) is 0 Å². The predicted molar refractivity (Wildman–Crippen MR) is 119 cm³/mol. The lowest BCUT2D eigenvalue weighted by Crippen LogP contribution is -2.38. The van der Waals surface area contributed by atoms with Gasteiger partial charge in [0.15, 0.2) is 0 Å². The molecule has 3 heteroatoms. The summed E-state index contributed by atoms with van der Waals surface area (Å²) in [4.78, 5) is 2.53. The Balaban J connectivity index is 2.22. The van der Waals surface area contributed by atoms with Crippen molar-refractivity contribution in [2.75, 3.05) is 6.54 Å². The SMILES string of the molecule is CCC(CCC(C#N)(c1ccccc1Cl)C(C)C)N(CC)Cc1ccccc1. The Labute approximate surface area is 176 Å². The van der Waals surface area contributed by atoms with Crippen LogP contribution in [-0.2, 0) is 12.0 Å². The van der Waals surface area contributed by atoms with Crippen LogP contribution in [0.2, 0.25) is 5.02 Å². The highest BCUT2D eigenvalue weighted by molar-refractivity contribution is 6.31. The Hall–Kier alpha value is -1.82. The summed E-state index contributed by atoms with van der Waals surface area (Å²) in [7, 11) is 0. The molecule has 2 rings (SSSR count). The fraction of sp³-hybridized carbons (Fsp3) is 0.480. The molecule has 0 radical (unpaired) electrons. The molecule has 2 aromatic rings. The van der Waals surface area contributed by atoms with E-state index in [0.717, 1.165) is 37.9 Å². The van der Waals surface area contributed by atoms with Gasteiger partial charge in [0, 0.05) is 17.6 Å². The fourth-order valence-corrected chi connectivity index (χ4v) is 4.46. The maximum absolute atomic E-state index is 10.2. The maximum atomic E-state index is 10.2. The molecule has 2 unspecified atom stereocenters. The Morgan fingerprint density at radius 1 is 1.04 bits per heavy atom. The van der Waals surface area contributed by atoms with Crippen molar-refractivity contribution in [2.45, 2.75) is 65.0 Å². The molecule has 150 valence electrons. The van der Waals surface area contributed by atoms with E-state index in [1.54, 1.807) is 0 Å². The van der Waals surface area contributed by atoms with E-state index in [1.165, 1.54) is 5.56 Å². The van der Waals surface area contributed by atoms with Crippen molar-refractivity contribution < 1.29 is 0 Å². The number of nitrogens with zero attached hydrogens (tertiary/aromatic N) is 2. The monoisotopic (exact) mass is 396 g/mol. The van der Waals surface area contributed by atoms with E-state index in [0.29, 0.717) is 11.1 Å². The van der Waals surface area contributed by atoms with Gasteiger partial charge in [-0.15, -0.1) is 0 Å². The first-order chi connectivity index (χ1) is 13.5. The Kier molecular flexibility index (Phi) is 8.55. The van der Waals surface area contributed by atoms with Crippen molar-refractivity contribution in [3.63, 3.8) is 0 Å². The average Bonchev–Trinajstić information content (AvgIpc) is 2.71. The molecule has 2 nitrogen and oxygen atoms in total. The predicted octanol–water partition coefficient (Wildman–Crippen LogP) is 6.84. The lowest BCUT2D eigenvalue weighted by Gasteiger charge is -2.36. The average molecular weight is 397 g/mol. The van der Waals surface area contributed by atoms with E-state index in [4.69, 9.17) is 11.6 Å². The van der Waals surface area contributed by atoms with Crippen LogP contribution >= 0.6 is 11.6 Å². The highest BCUT2D eigenvalue weighted by Gasteiger charge is 2.38. The van der Waals surface area contributed by atoms with E-state index >= 15 is 0 Å². The van der Waals surface area contributed by atoms with Gasteiger partial charge in [0.25, 0.3) is 0 Å². The molecule has 0 amide bonds. The quantitative estimate of drug-likeness (QED) is 0.439. The molecule has 0 aliphatic rings. The van der Waals surface area contributed by atoms with Gasteiger partial charge in [-0.05, 0) is 48.9 Å². The summed E-state index contributed by atoms with van der Waals surface area (Å²) in [5.41, 5.74) is 1.75. The summed E-state index contributed by atoms with van der Waals surface area (Å²) in [6.07, 6.45) is 2.87. The zero-order valence-corrected chi connectivity index (χ0v) is 18.4. The van der Waals surface area contributed by atoms with E-state index in [2.05, 4.69) is 69.0 Å². The van der Waals surface area contributed by atoms with Crippen molar-refractivity contribution in [1.82, 2.24) is 4.90 Å². The summed E-state index contributed by atoms with van der Waals surface area (Å²) in [5.74, 6) is 0.194. The second-order valence-electron chi connectivity index (χ2n) is 7.87. The zero-order valence-electron chi connectivity index (χ0n) is 17.7. The highest BCUT2D eigenvalue weighted by Crippen LogP contribution is 2.40. The van der Waals surface area contributed by atoms with E-state index < -0.39 is 5.41 Å². The van der Waals surface area contributed by atoms with E-state index in [1.807, 2.05) is 24.3 Å². The molecule has 28 heavy (non-hydrogen) atoms. The minimum atomic E-state index is -0.558. The topological polar surface area (TPSA) is 27.0 Å². The van der Waals surface area contributed by atoms with Crippen LogP contribution in [-0.4, -0.2) is 17.5 Å². The molecule has 0 aromatic heterocycles. The normalized spacial score (nSPS) is 14.6. The lowest BCUT2D eigenvalue weighted by atomic mass is 9.69. The number of rotatable bonds is 10. The molecule has 2 atom stereocenters. The minimum absolute atomic E-state index is 0.194. The van der Waals surface area contributed by atoms with Gasteiger partial charge in [0.2, 0.25) is 0 Å². The van der Waals surface area contributed by atoms with Gasteiger partial charge in [-0.3, -0.25) is 4.90 Å². The number of benzene rings is 2. The van der Waals surface area contributed by atoms with Crippen molar-refractivity contribution in [3.05, 3.63) is 70.7 Å². The molecule has 2 aromatic carbocycles. The third-order valence-electron chi connectivity index (χ3n) is 6.03. The number of hydrogen-bond donors (Lipinski definition) is 0. The third-order valence-corrected chi connectivity index (χ3v) is 6.36. The van der Waals surface area contributed by atoms with Gasteiger partial charge in [0.1, 0.15) is 0 Å². The van der Waals surface area contributed by atoms with Crippen molar-refractivity contribution in [3.8, 4) is 6.07 Å². The van der Waals surface area contributed by atoms with Crippen molar-refractivity contribution in [2.24, 2.45) is 5.92 Å². The van der Waals surface area contributed by atoms with Gasteiger partial charge in [0.05, 0.1) is 11.5 Å². The van der Waals surface area contributed by atoms with Gasteiger partial charge in [-0.1, -0.05) is 87.8 Å². The Morgan fingerprint density at radius 3 is 2.21 bits per heavy atom. The largest absolute Gasteiger partial charge is 0.296 e. The summed E-state index contributed by atoms with van der Waals surface area (Å²) in [6.45, 7) is 10.7. The van der Waals surface area contributed by atoms with Gasteiger partial charge in [-0.25, -0.2) is 0 Å². The molecular formula is C25H33ClN2. The van der Waals surface area contributed by atoms with Crippen LogP contribution < -0.4 is 0 Å². The second kappa shape index (κ2) is 10.6. The molecule has 0 bridgehead atoms. The maximum Gasteiger partial charge on any atom is 0.0860 e. The van der Waals surface area contributed by atoms with Gasteiger partial charge in [-0.2, -0.15) is 5.26 Å². The van der Waals surface area contributed by atoms with Crippen LogP contribution in [0.15, 0.2) is 54.6 Å². The zero-order chi connectivity index (χ0) is 20.6. The Bertz CT molecular complexity index is 766. The fourth-order valence-electron chi connectivity index (χ4n) is 4.16. The molecule has 0 aliphatic carbocycles. The van der Waals surface area contributed by atoms with Gasteiger partial charge < -0.3 is 0 Å². The molecule has 0 heterocycles. The van der Waals surface area contributed by atoms with Crippen LogP contribution in [0.4, 0.5) is 0 Å². The van der Waals surface area contributed by atoms with Crippen LogP contribution in [0.1, 0.15) is 58.1 Å². The van der Waals surface area contributed by atoms with Crippen molar-refractivity contribution in [1.29, 1.82) is 5.26 Å². The molecule has 0 saturated carbocycles. The van der Waals surface area contributed by atoms with Gasteiger partial charge >= 0.3 is 0 Å². The highest BCUT2D eigenvalue weighted by atomic mass is 35.5. The molecule has 0 N–H and O–H groups in total. The van der Waals surface area contributed by atoms with Crippen LogP contribution in [0.3, 0.4) is 0 Å². The number of nitriles is 1. The van der Waals surface area contributed by atoms with Crippen LogP contribution in [0, 0.1) is 17.2 Å². The minimum Gasteiger partial charge on any atom is -0.296 e. The summed E-state index contributed by atoms with van der Waals surface area (Å²) >= 11 is 6.52. The molecule has 0 fully saturated rings. The smallest absolute Gasteiger partial charge is 0.0860 e. The first kappa shape index (κ1) is 22.5. The van der Waals surface area contributed by atoms with E-state index in [-0.39, 0.29) is 5.92 Å². The van der Waals surface area contributed by atoms with Crippen molar-refractivity contribution >= 4 is 11.6 Å². The standard InChI is InChI=1S/C25H33ClN2/c1-5-22(28(6-2)18-21-12-8-7-9-13-21)16-17-25(19-27,20(3)4)23-14-10-11-15-24(23)26/h7-15,20,22H,5-6,16-18H2,1-4H3. The van der Waals surface area contributed by atoms with Crippen LogP contribution in [0.25, 0.3) is 0 Å². The lowest BCUT2D eigenvalue weighted by molar-refractivity contribution is 0.168. The molecule has 0 spiro atoms. The first-order valence-electron chi connectivity index (χ1n) is 10.4. The van der Waals surface area contributed by atoms with E-state index in [9.17, 15) is 5.26 Å². The summed E-state index contributed by atoms with van der Waals surface area (Å²) in [5, 5.41) is 10.9. The second-order valence-corrected chi connectivity index (χ2v) is 8.27. The first-order valence-corrected chi connectivity index (χ1v) is 10.8. The molecular weight excluding hydrogens is 364 g/mol. The third kappa shape index (κ3) is 5.16. The summed E-state index contributed by atoms with van der Waals surface area (Å²) < 4.78 is 0.